The Morgan fingerprint density at radius 1 is 1.28 bits per heavy atom. The fourth-order valence-corrected chi connectivity index (χ4v) is 4.01. The Bertz CT molecular complexity index is 963. The van der Waals surface area contributed by atoms with Crippen molar-refractivity contribution < 1.29 is 4.79 Å². The fraction of sp³-hybridized carbons (Fsp3) is 0.455. The lowest BCUT2D eigenvalue weighted by molar-refractivity contribution is -0.132. The number of H-pyrrole nitrogens is 1. The molecule has 0 bridgehead atoms. The van der Waals surface area contributed by atoms with Crippen LogP contribution in [0.2, 0.25) is 0 Å². The van der Waals surface area contributed by atoms with Gasteiger partial charge in [-0.15, -0.1) is 0 Å². The van der Waals surface area contributed by atoms with E-state index in [1.54, 1.807) is 24.9 Å². The number of aromatic amines is 1. The molecule has 3 heterocycles. The van der Waals surface area contributed by atoms with Crippen LogP contribution in [0.25, 0.3) is 11.3 Å². The van der Waals surface area contributed by atoms with Gasteiger partial charge in [0.25, 0.3) is 0 Å². The van der Waals surface area contributed by atoms with E-state index in [0.717, 1.165) is 41.9 Å². The van der Waals surface area contributed by atoms with E-state index in [1.807, 2.05) is 22.9 Å². The molecule has 0 saturated heterocycles. The number of carbonyl (C=O) groups is 1. The first-order valence-corrected chi connectivity index (χ1v) is 10.2. The highest BCUT2D eigenvalue weighted by atomic mass is 16.2. The number of hydrogen-bond donors (Lipinski definition) is 2. The van der Waals surface area contributed by atoms with Gasteiger partial charge in [0.05, 0.1) is 17.4 Å². The number of nitrogens with zero attached hydrogens (tertiary/aromatic N) is 4. The van der Waals surface area contributed by atoms with Crippen molar-refractivity contribution in [3.05, 3.63) is 54.5 Å². The van der Waals surface area contributed by atoms with Gasteiger partial charge in [-0.2, -0.15) is 5.10 Å². The molecule has 2 atom stereocenters. The second kappa shape index (κ2) is 7.81. The molecule has 2 N–H and O–H groups in total. The topological polar surface area (TPSA) is 88.5 Å². The molecule has 1 aliphatic rings. The molecular weight excluding hydrogens is 364 g/mol. The number of hydrogen-bond acceptors (Lipinski definition) is 4. The van der Waals surface area contributed by atoms with Crippen molar-refractivity contribution >= 4 is 5.91 Å². The lowest BCUT2D eigenvalue weighted by Crippen LogP contribution is -2.49. The average Bonchev–Trinajstić information content (AvgIpc) is 3.37. The van der Waals surface area contributed by atoms with E-state index in [9.17, 15) is 4.79 Å². The molecule has 0 aliphatic heterocycles. The Kier molecular flexibility index (Phi) is 5.22. The minimum atomic E-state index is -0.458. The van der Waals surface area contributed by atoms with Crippen molar-refractivity contribution in [2.45, 2.75) is 52.6 Å². The fourth-order valence-electron chi connectivity index (χ4n) is 4.01. The van der Waals surface area contributed by atoms with Gasteiger partial charge in [0.2, 0.25) is 5.91 Å². The molecule has 2 unspecified atom stereocenters. The van der Waals surface area contributed by atoms with E-state index in [1.165, 1.54) is 0 Å². The van der Waals surface area contributed by atoms with Gasteiger partial charge in [-0.1, -0.05) is 20.8 Å². The Hall–Kier alpha value is -2.96. The molecule has 3 aromatic heterocycles. The summed E-state index contributed by atoms with van der Waals surface area (Å²) in [5.41, 5.74) is 3.79. The molecule has 0 fully saturated rings. The zero-order valence-corrected chi connectivity index (χ0v) is 17.2. The van der Waals surface area contributed by atoms with E-state index in [2.05, 4.69) is 46.3 Å². The van der Waals surface area contributed by atoms with Gasteiger partial charge in [0.1, 0.15) is 0 Å². The summed E-state index contributed by atoms with van der Waals surface area (Å²) in [6.45, 7) is 7.07. The van der Waals surface area contributed by atoms with Gasteiger partial charge in [0.15, 0.2) is 0 Å². The number of carbonyl (C=O) groups excluding carboxylic acids is 1. The molecule has 1 amide bonds. The average molecular weight is 393 g/mol. The largest absolute Gasteiger partial charge is 0.351 e. The maximum Gasteiger partial charge on any atom is 0.226 e. The van der Waals surface area contributed by atoms with Crippen LogP contribution in [0.5, 0.6) is 0 Å². The highest BCUT2D eigenvalue weighted by molar-refractivity contribution is 5.84. The van der Waals surface area contributed by atoms with Crippen LogP contribution in [0.1, 0.15) is 38.4 Å². The number of fused-ring (bicyclic) bond motifs is 1. The van der Waals surface area contributed by atoms with Gasteiger partial charge in [-0.05, 0) is 37.3 Å². The third-order valence-electron chi connectivity index (χ3n) is 6.04. The molecule has 0 aromatic carbocycles. The van der Waals surface area contributed by atoms with Gasteiger partial charge < -0.3 is 9.88 Å². The number of rotatable bonds is 6. The normalized spacial score (nSPS) is 19.7. The Labute approximate surface area is 171 Å². The summed E-state index contributed by atoms with van der Waals surface area (Å²) in [7, 11) is 0. The van der Waals surface area contributed by atoms with Crippen molar-refractivity contribution in [1.82, 2.24) is 30.0 Å². The first kappa shape index (κ1) is 19.4. The summed E-state index contributed by atoms with van der Waals surface area (Å²) in [6.07, 6.45) is 11.3. The smallest absolute Gasteiger partial charge is 0.226 e. The second-order valence-corrected chi connectivity index (χ2v) is 8.59. The number of amides is 1. The van der Waals surface area contributed by atoms with Gasteiger partial charge in [-0.25, -0.2) is 4.98 Å². The quantitative estimate of drug-likeness (QED) is 0.675. The summed E-state index contributed by atoms with van der Waals surface area (Å²) < 4.78 is 2.02. The van der Waals surface area contributed by atoms with Gasteiger partial charge in [-0.3, -0.25) is 14.9 Å². The Balaban J connectivity index is 1.53. The van der Waals surface area contributed by atoms with Crippen LogP contribution in [0.4, 0.5) is 0 Å². The zero-order valence-electron chi connectivity index (χ0n) is 17.2. The summed E-state index contributed by atoms with van der Waals surface area (Å²) in [4.78, 5) is 21.6. The summed E-state index contributed by atoms with van der Waals surface area (Å²) in [6, 6.07) is 3.98. The van der Waals surface area contributed by atoms with Crippen LogP contribution in [0, 0.1) is 11.3 Å². The van der Waals surface area contributed by atoms with Crippen molar-refractivity contribution in [3.8, 4) is 11.3 Å². The third-order valence-corrected chi connectivity index (χ3v) is 6.04. The first-order valence-electron chi connectivity index (χ1n) is 10.2. The van der Waals surface area contributed by atoms with Crippen LogP contribution in [0.3, 0.4) is 0 Å². The molecule has 0 radical (unpaired) electrons. The molecule has 0 saturated carbocycles. The predicted molar refractivity (Wildman–Crippen MR) is 111 cm³/mol. The molecule has 4 rings (SSSR count). The highest BCUT2D eigenvalue weighted by Crippen LogP contribution is 2.39. The number of aromatic nitrogens is 5. The Morgan fingerprint density at radius 3 is 2.76 bits per heavy atom. The number of imidazole rings is 1. The number of nitrogens with one attached hydrogen (secondary N) is 2. The van der Waals surface area contributed by atoms with Crippen LogP contribution < -0.4 is 5.32 Å². The molecule has 7 nitrogen and oxygen atoms in total. The van der Waals surface area contributed by atoms with E-state index in [-0.39, 0.29) is 11.9 Å². The predicted octanol–water partition coefficient (Wildman–Crippen LogP) is 3.00. The SMILES string of the molecule is CC(C)C(Cn1ccnc1)NC(=O)C1(C)CCc2[nH]nc(-c3ccncc3)c2C1. The molecule has 29 heavy (non-hydrogen) atoms. The maximum atomic E-state index is 13.4. The van der Waals surface area contributed by atoms with Crippen molar-refractivity contribution in [1.29, 1.82) is 0 Å². The van der Waals surface area contributed by atoms with Crippen LogP contribution in [-0.4, -0.2) is 36.7 Å². The molecular formula is C22H28N6O. The van der Waals surface area contributed by atoms with Crippen LogP contribution in [0.15, 0.2) is 43.2 Å². The van der Waals surface area contributed by atoms with Crippen molar-refractivity contribution in [2.75, 3.05) is 0 Å². The monoisotopic (exact) mass is 392 g/mol. The van der Waals surface area contributed by atoms with Crippen molar-refractivity contribution in [3.63, 3.8) is 0 Å². The van der Waals surface area contributed by atoms with E-state index < -0.39 is 5.41 Å². The minimum absolute atomic E-state index is 0.0546. The minimum Gasteiger partial charge on any atom is -0.351 e. The number of aryl methyl sites for hydroxylation is 1. The molecule has 7 heteroatoms. The van der Waals surface area contributed by atoms with Gasteiger partial charge in [0, 0.05) is 54.2 Å². The Morgan fingerprint density at radius 2 is 2.07 bits per heavy atom. The zero-order chi connectivity index (χ0) is 20.4. The summed E-state index contributed by atoms with van der Waals surface area (Å²) in [5.74, 6) is 0.439. The number of pyridine rings is 1. The van der Waals surface area contributed by atoms with Crippen molar-refractivity contribution in [2.24, 2.45) is 11.3 Å². The molecule has 1 aliphatic carbocycles. The third kappa shape index (κ3) is 3.95. The summed E-state index contributed by atoms with van der Waals surface area (Å²) in [5, 5.41) is 11.0. The van der Waals surface area contributed by atoms with Crippen LogP contribution in [-0.2, 0) is 24.2 Å². The molecule has 0 spiro atoms. The standard InChI is InChI=1S/C22H28N6O/c1-15(2)19(13-28-11-10-24-14-28)25-21(29)22(3)7-4-18-17(12-22)20(27-26-18)16-5-8-23-9-6-16/h5-6,8-11,14-15,19H,4,7,12-13H2,1-3H3,(H,25,29)(H,26,27). The molecule has 3 aromatic rings. The summed E-state index contributed by atoms with van der Waals surface area (Å²) >= 11 is 0. The molecule has 152 valence electrons. The lowest BCUT2D eigenvalue weighted by Gasteiger charge is -2.35. The second-order valence-electron chi connectivity index (χ2n) is 8.59. The lowest BCUT2D eigenvalue weighted by atomic mass is 9.73. The van der Waals surface area contributed by atoms with E-state index in [4.69, 9.17) is 0 Å². The van der Waals surface area contributed by atoms with Crippen LogP contribution >= 0.6 is 0 Å². The highest BCUT2D eigenvalue weighted by Gasteiger charge is 2.40. The van der Waals surface area contributed by atoms with E-state index >= 15 is 0 Å². The van der Waals surface area contributed by atoms with Gasteiger partial charge >= 0.3 is 0 Å². The first-order chi connectivity index (χ1) is 14.0. The maximum absolute atomic E-state index is 13.4. The van der Waals surface area contributed by atoms with E-state index in [0.29, 0.717) is 12.3 Å².